The number of hydrogen-bond donors (Lipinski definition) is 0. The van der Waals surface area contributed by atoms with Gasteiger partial charge in [0.25, 0.3) is 0 Å². The standard InChI is InChI=1S/C29H48O2/c1-19(2)7-6-8-20(3)24-9-10-25-23-12-15-28-17-22(31-21(4)30)11-16-29(28,18-28)26(23)13-14-27(24,25)5/h19-20,22-26H,6-18H2,1-5H3/t20-,22+,23+,24-,25+,26+,27-,28-,29+/m1/s1. The number of carbonyl (C=O) groups excluding carboxylic acids is 1. The Hall–Kier alpha value is -0.530. The van der Waals surface area contributed by atoms with Gasteiger partial charge in [-0.3, -0.25) is 4.79 Å². The van der Waals surface area contributed by atoms with Crippen LogP contribution in [0.3, 0.4) is 0 Å². The summed E-state index contributed by atoms with van der Waals surface area (Å²) in [6, 6.07) is 0. The van der Waals surface area contributed by atoms with E-state index in [2.05, 4.69) is 27.7 Å². The molecule has 0 unspecified atom stereocenters. The summed E-state index contributed by atoms with van der Waals surface area (Å²) in [4.78, 5) is 11.5. The molecule has 2 heteroatoms. The highest BCUT2D eigenvalue weighted by molar-refractivity contribution is 5.66. The van der Waals surface area contributed by atoms with Gasteiger partial charge in [-0.2, -0.15) is 0 Å². The Morgan fingerprint density at radius 2 is 1.77 bits per heavy atom. The zero-order chi connectivity index (χ0) is 22.0. The summed E-state index contributed by atoms with van der Waals surface area (Å²) < 4.78 is 5.70. The molecule has 176 valence electrons. The molecule has 9 atom stereocenters. The fraction of sp³-hybridized carbons (Fsp3) is 0.966. The van der Waals surface area contributed by atoms with Gasteiger partial charge in [-0.15, -0.1) is 0 Å². The normalized spacial score (nSPS) is 48.9. The van der Waals surface area contributed by atoms with Crippen LogP contribution in [-0.4, -0.2) is 12.1 Å². The molecule has 5 fully saturated rings. The van der Waals surface area contributed by atoms with Gasteiger partial charge in [-0.05, 0) is 116 Å². The van der Waals surface area contributed by atoms with E-state index < -0.39 is 0 Å². The van der Waals surface area contributed by atoms with Crippen LogP contribution in [0.2, 0.25) is 0 Å². The predicted molar refractivity (Wildman–Crippen MR) is 127 cm³/mol. The van der Waals surface area contributed by atoms with Gasteiger partial charge in [-0.25, -0.2) is 0 Å². The van der Waals surface area contributed by atoms with Crippen molar-refractivity contribution in [3.05, 3.63) is 0 Å². The van der Waals surface area contributed by atoms with Crippen molar-refractivity contribution in [2.75, 3.05) is 0 Å². The minimum atomic E-state index is -0.0730. The molecular weight excluding hydrogens is 380 g/mol. The first kappa shape index (κ1) is 22.3. The van der Waals surface area contributed by atoms with Gasteiger partial charge < -0.3 is 4.74 Å². The summed E-state index contributed by atoms with van der Waals surface area (Å²) in [6.45, 7) is 11.6. The van der Waals surface area contributed by atoms with Crippen molar-refractivity contribution in [2.45, 2.75) is 124 Å². The van der Waals surface area contributed by atoms with Crippen LogP contribution in [0.15, 0.2) is 0 Å². The monoisotopic (exact) mass is 428 g/mol. The topological polar surface area (TPSA) is 26.3 Å². The zero-order valence-corrected chi connectivity index (χ0v) is 21.1. The van der Waals surface area contributed by atoms with E-state index in [0.29, 0.717) is 16.2 Å². The van der Waals surface area contributed by atoms with Crippen molar-refractivity contribution in [1.82, 2.24) is 0 Å². The summed E-state index contributed by atoms with van der Waals surface area (Å²) >= 11 is 0. The third-order valence-electron chi connectivity index (χ3n) is 11.8. The second-order valence-electron chi connectivity index (χ2n) is 13.5. The van der Waals surface area contributed by atoms with Crippen molar-refractivity contribution in [3.8, 4) is 0 Å². The quantitative estimate of drug-likeness (QED) is 0.403. The maximum atomic E-state index is 11.5. The molecule has 2 nitrogen and oxygen atoms in total. The third kappa shape index (κ3) is 3.43. The first-order valence-electron chi connectivity index (χ1n) is 13.9. The van der Waals surface area contributed by atoms with Gasteiger partial charge in [-0.1, -0.05) is 47.0 Å². The van der Waals surface area contributed by atoms with Gasteiger partial charge in [0, 0.05) is 6.92 Å². The van der Waals surface area contributed by atoms with E-state index >= 15 is 0 Å². The number of hydrogen-bond acceptors (Lipinski definition) is 2. The summed E-state index contributed by atoms with van der Waals surface area (Å²) in [5.74, 6) is 5.62. The molecule has 5 saturated carbocycles. The molecule has 5 aliphatic rings. The van der Waals surface area contributed by atoms with E-state index in [9.17, 15) is 4.79 Å². The Kier molecular flexibility index (Phi) is 5.58. The molecule has 0 heterocycles. The Balaban J connectivity index is 1.27. The number of carbonyl (C=O) groups is 1. The molecule has 31 heavy (non-hydrogen) atoms. The summed E-state index contributed by atoms with van der Waals surface area (Å²) in [7, 11) is 0. The zero-order valence-electron chi connectivity index (χ0n) is 21.1. The van der Waals surface area contributed by atoms with Crippen LogP contribution < -0.4 is 0 Å². The van der Waals surface area contributed by atoms with Crippen LogP contribution in [0.25, 0.3) is 0 Å². The lowest BCUT2D eigenvalue weighted by molar-refractivity contribution is -0.152. The lowest BCUT2D eigenvalue weighted by atomic mass is 9.49. The van der Waals surface area contributed by atoms with Crippen molar-refractivity contribution >= 4 is 5.97 Å². The molecule has 0 N–H and O–H groups in total. The lowest BCUT2D eigenvalue weighted by Gasteiger charge is -2.56. The highest BCUT2D eigenvalue weighted by Crippen LogP contribution is 2.83. The lowest BCUT2D eigenvalue weighted by Crippen LogP contribution is -2.49. The fourth-order valence-electron chi connectivity index (χ4n) is 10.5. The largest absolute Gasteiger partial charge is 0.463 e. The van der Waals surface area contributed by atoms with Crippen molar-refractivity contribution in [3.63, 3.8) is 0 Å². The molecule has 0 amide bonds. The van der Waals surface area contributed by atoms with Gasteiger partial charge in [0.15, 0.2) is 0 Å². The van der Waals surface area contributed by atoms with E-state index in [1.165, 1.54) is 77.0 Å². The van der Waals surface area contributed by atoms with Crippen molar-refractivity contribution < 1.29 is 9.53 Å². The van der Waals surface area contributed by atoms with Crippen LogP contribution in [0.1, 0.15) is 118 Å². The molecular formula is C29H48O2. The molecule has 0 aromatic rings. The molecule has 0 aromatic heterocycles. The molecule has 5 rings (SSSR count). The van der Waals surface area contributed by atoms with Gasteiger partial charge >= 0.3 is 5.97 Å². The molecule has 5 aliphatic carbocycles. The predicted octanol–water partition coefficient (Wildman–Crippen LogP) is 7.79. The van der Waals surface area contributed by atoms with Crippen LogP contribution in [0.4, 0.5) is 0 Å². The average molecular weight is 429 g/mol. The smallest absolute Gasteiger partial charge is 0.302 e. The van der Waals surface area contributed by atoms with E-state index in [0.717, 1.165) is 41.9 Å². The molecule has 0 saturated heterocycles. The first-order chi connectivity index (χ1) is 14.7. The number of ether oxygens (including phenoxy) is 1. The van der Waals surface area contributed by atoms with Gasteiger partial charge in [0.1, 0.15) is 6.10 Å². The average Bonchev–Trinajstić information content (AvgIpc) is 3.26. The van der Waals surface area contributed by atoms with E-state index in [4.69, 9.17) is 4.74 Å². The van der Waals surface area contributed by atoms with Crippen molar-refractivity contribution in [1.29, 1.82) is 0 Å². The molecule has 0 aromatic carbocycles. The molecule has 0 aliphatic heterocycles. The maximum absolute atomic E-state index is 11.5. The minimum absolute atomic E-state index is 0.0730. The number of fused-ring (bicyclic) bond motifs is 3. The SMILES string of the molecule is CC(=O)O[C@H]1CC[C@@]23C[C@@]2(CC[C@H]2[C@@H]4CC[C@H]([C@H](C)CCCC(C)C)[C@@]4(C)CC[C@@H]23)C1. The van der Waals surface area contributed by atoms with Gasteiger partial charge in [0.2, 0.25) is 0 Å². The van der Waals surface area contributed by atoms with Crippen LogP contribution in [0.5, 0.6) is 0 Å². The Bertz CT molecular complexity index is 699. The van der Waals surface area contributed by atoms with Gasteiger partial charge in [0.05, 0.1) is 0 Å². The van der Waals surface area contributed by atoms with E-state index in [1.54, 1.807) is 6.92 Å². The Labute approximate surface area is 191 Å². The third-order valence-corrected chi connectivity index (χ3v) is 11.8. The van der Waals surface area contributed by atoms with E-state index in [-0.39, 0.29) is 12.1 Å². The number of esters is 1. The molecule has 0 radical (unpaired) electrons. The second-order valence-corrected chi connectivity index (χ2v) is 13.5. The second kappa shape index (κ2) is 7.76. The summed E-state index contributed by atoms with van der Waals surface area (Å²) in [6.07, 6.45) is 18.5. The number of rotatable bonds is 6. The van der Waals surface area contributed by atoms with Crippen molar-refractivity contribution in [2.24, 2.45) is 51.8 Å². The van der Waals surface area contributed by atoms with Crippen LogP contribution >= 0.6 is 0 Å². The highest BCUT2D eigenvalue weighted by Gasteiger charge is 2.76. The Morgan fingerprint density at radius 1 is 0.968 bits per heavy atom. The maximum Gasteiger partial charge on any atom is 0.302 e. The first-order valence-corrected chi connectivity index (χ1v) is 13.9. The molecule has 0 bridgehead atoms. The highest BCUT2D eigenvalue weighted by atomic mass is 16.5. The minimum Gasteiger partial charge on any atom is -0.463 e. The Morgan fingerprint density at radius 3 is 2.52 bits per heavy atom. The van der Waals surface area contributed by atoms with Crippen LogP contribution in [-0.2, 0) is 9.53 Å². The molecule has 0 spiro atoms. The summed E-state index contributed by atoms with van der Waals surface area (Å²) in [5, 5.41) is 0. The summed E-state index contributed by atoms with van der Waals surface area (Å²) in [5.41, 5.74) is 1.79. The fourth-order valence-corrected chi connectivity index (χ4v) is 10.5. The van der Waals surface area contributed by atoms with Crippen LogP contribution in [0, 0.1) is 51.8 Å². The van der Waals surface area contributed by atoms with E-state index in [1.807, 2.05) is 0 Å².